The van der Waals surface area contributed by atoms with Gasteiger partial charge in [-0.15, -0.1) is 0 Å². The highest BCUT2D eigenvalue weighted by Crippen LogP contribution is 2.32. The molecular weight excluding hydrogens is 259 g/mol. The minimum absolute atomic E-state index is 0.419. The number of carbonyl (C=O) groups excluding carboxylic acids is 1. The number of alkyl halides is 3. The molecule has 1 aromatic carbocycles. The number of carbonyl (C=O) groups is 1. The van der Waals surface area contributed by atoms with Crippen molar-refractivity contribution in [3.8, 4) is 0 Å². The van der Waals surface area contributed by atoms with Gasteiger partial charge in [-0.1, -0.05) is 30.3 Å². The molecule has 0 unspecified atom stereocenters. The van der Waals surface area contributed by atoms with Gasteiger partial charge in [0.05, 0.1) is 12.5 Å². The lowest BCUT2D eigenvalue weighted by Gasteiger charge is -2.26. The molecule has 0 aliphatic rings. The van der Waals surface area contributed by atoms with Crippen LogP contribution >= 0.6 is 0 Å². The van der Waals surface area contributed by atoms with Gasteiger partial charge in [0.2, 0.25) is 5.91 Å². The van der Waals surface area contributed by atoms with Gasteiger partial charge in [-0.2, -0.15) is 13.2 Å². The molecule has 0 spiro atoms. The molecule has 0 radical (unpaired) electrons. The van der Waals surface area contributed by atoms with E-state index in [1.807, 2.05) is 0 Å². The van der Waals surface area contributed by atoms with Gasteiger partial charge in [0.25, 0.3) is 0 Å². The van der Waals surface area contributed by atoms with Gasteiger partial charge in [0, 0.05) is 0 Å². The van der Waals surface area contributed by atoms with Crippen molar-refractivity contribution in [1.82, 2.24) is 5.32 Å². The van der Waals surface area contributed by atoms with Gasteiger partial charge in [-0.25, -0.2) is 0 Å². The first-order valence-corrected chi connectivity index (χ1v) is 5.77. The van der Waals surface area contributed by atoms with E-state index in [1.54, 1.807) is 37.3 Å². The van der Waals surface area contributed by atoms with Gasteiger partial charge in [-0.3, -0.25) is 4.79 Å². The lowest BCUT2D eigenvalue weighted by Crippen LogP contribution is -2.46. The number of nitrogens with one attached hydrogen (secondary N) is 1. The molecule has 2 N–H and O–H groups in total. The first-order valence-electron chi connectivity index (χ1n) is 5.77. The SMILES string of the molecule is C[C@H](NC(=O)C[C@@](C)(O)C(F)(F)F)c1ccccc1. The van der Waals surface area contributed by atoms with Crippen LogP contribution in [0, 0.1) is 0 Å². The van der Waals surface area contributed by atoms with Crippen LogP contribution in [0.5, 0.6) is 0 Å². The Morgan fingerprint density at radius 2 is 1.84 bits per heavy atom. The summed E-state index contributed by atoms with van der Waals surface area (Å²) in [5.41, 5.74) is -2.24. The second-order valence-corrected chi connectivity index (χ2v) is 4.65. The van der Waals surface area contributed by atoms with E-state index in [0.717, 1.165) is 5.56 Å². The molecule has 0 aliphatic carbocycles. The van der Waals surface area contributed by atoms with Gasteiger partial charge < -0.3 is 10.4 Å². The molecule has 1 rings (SSSR count). The molecule has 0 saturated carbocycles. The number of aliphatic hydroxyl groups is 1. The molecule has 0 bridgehead atoms. The van der Waals surface area contributed by atoms with Crippen molar-refractivity contribution in [2.75, 3.05) is 0 Å². The Morgan fingerprint density at radius 3 is 2.32 bits per heavy atom. The van der Waals surface area contributed by atoms with Crippen molar-refractivity contribution in [2.24, 2.45) is 0 Å². The maximum Gasteiger partial charge on any atom is 0.417 e. The summed E-state index contributed by atoms with van der Waals surface area (Å²) in [6.45, 7) is 2.25. The van der Waals surface area contributed by atoms with Crippen molar-refractivity contribution >= 4 is 5.91 Å². The first kappa shape index (κ1) is 15.5. The summed E-state index contributed by atoms with van der Waals surface area (Å²) < 4.78 is 37.3. The highest BCUT2D eigenvalue weighted by atomic mass is 19.4. The molecule has 1 amide bonds. The van der Waals surface area contributed by atoms with E-state index in [0.29, 0.717) is 6.92 Å². The van der Waals surface area contributed by atoms with E-state index in [9.17, 15) is 23.1 Å². The van der Waals surface area contributed by atoms with Gasteiger partial charge in [0.15, 0.2) is 5.60 Å². The average molecular weight is 275 g/mol. The molecule has 0 aromatic heterocycles. The Hall–Kier alpha value is -1.56. The Labute approximate surface area is 109 Å². The van der Waals surface area contributed by atoms with Crippen LogP contribution in [0.4, 0.5) is 13.2 Å². The molecular formula is C13H16F3NO2. The number of rotatable bonds is 4. The standard InChI is InChI=1S/C13H16F3NO2/c1-9(10-6-4-3-5-7-10)17-11(18)8-12(2,19)13(14,15)16/h3-7,9,19H,8H2,1-2H3,(H,17,18)/t9-,12+/m0/s1. The normalized spacial score (nSPS) is 16.5. The first-order chi connectivity index (χ1) is 8.63. The minimum atomic E-state index is -4.83. The summed E-state index contributed by atoms with van der Waals surface area (Å²) in [5.74, 6) is -0.848. The molecule has 1 aromatic rings. The van der Waals surface area contributed by atoms with Crippen LogP contribution in [-0.2, 0) is 4.79 Å². The Balaban J connectivity index is 2.62. The lowest BCUT2D eigenvalue weighted by molar-refractivity contribution is -0.253. The smallest absolute Gasteiger partial charge is 0.380 e. The third kappa shape index (κ3) is 4.24. The van der Waals surface area contributed by atoms with E-state index in [4.69, 9.17) is 0 Å². The summed E-state index contributed by atoms with van der Waals surface area (Å²) in [6.07, 6.45) is -5.85. The highest BCUT2D eigenvalue weighted by molar-refractivity contribution is 5.77. The topological polar surface area (TPSA) is 49.3 Å². The van der Waals surface area contributed by atoms with Crippen LogP contribution in [0.25, 0.3) is 0 Å². The summed E-state index contributed by atoms with van der Waals surface area (Å²) >= 11 is 0. The molecule has 0 heterocycles. The molecule has 6 heteroatoms. The molecule has 3 nitrogen and oxygen atoms in total. The van der Waals surface area contributed by atoms with Crippen molar-refractivity contribution < 1.29 is 23.1 Å². The predicted molar refractivity (Wildman–Crippen MR) is 64.3 cm³/mol. The molecule has 0 fully saturated rings. The Bertz CT molecular complexity index is 429. The van der Waals surface area contributed by atoms with E-state index >= 15 is 0 Å². The molecule has 0 aliphatic heterocycles. The third-order valence-electron chi connectivity index (χ3n) is 2.79. The van der Waals surface area contributed by atoms with Gasteiger partial charge in [0.1, 0.15) is 0 Å². The molecule has 106 valence electrons. The van der Waals surface area contributed by atoms with E-state index in [-0.39, 0.29) is 0 Å². The maximum atomic E-state index is 12.4. The zero-order valence-electron chi connectivity index (χ0n) is 10.7. The number of halogens is 3. The summed E-state index contributed by atoms with van der Waals surface area (Å²) in [5, 5.41) is 11.6. The number of hydrogen-bond donors (Lipinski definition) is 2. The fraction of sp³-hybridized carbons (Fsp3) is 0.462. The fourth-order valence-electron chi connectivity index (χ4n) is 1.53. The fourth-order valence-corrected chi connectivity index (χ4v) is 1.53. The monoisotopic (exact) mass is 275 g/mol. The number of hydrogen-bond acceptors (Lipinski definition) is 2. The second-order valence-electron chi connectivity index (χ2n) is 4.65. The van der Waals surface area contributed by atoms with E-state index < -0.39 is 30.1 Å². The van der Waals surface area contributed by atoms with Crippen LogP contribution in [0.2, 0.25) is 0 Å². The zero-order valence-corrected chi connectivity index (χ0v) is 10.7. The Kier molecular flexibility index (Phi) is 4.57. The van der Waals surface area contributed by atoms with Crippen molar-refractivity contribution in [1.29, 1.82) is 0 Å². The van der Waals surface area contributed by atoms with E-state index in [1.165, 1.54) is 0 Å². The molecule has 2 atom stereocenters. The summed E-state index contributed by atoms with van der Waals surface area (Å²) in [7, 11) is 0. The number of benzene rings is 1. The van der Waals surface area contributed by atoms with Crippen molar-refractivity contribution in [3.63, 3.8) is 0 Å². The maximum absolute atomic E-state index is 12.4. The lowest BCUT2D eigenvalue weighted by atomic mass is 10.0. The Morgan fingerprint density at radius 1 is 1.32 bits per heavy atom. The molecule has 19 heavy (non-hydrogen) atoms. The minimum Gasteiger partial charge on any atom is -0.380 e. The van der Waals surface area contributed by atoms with Crippen LogP contribution in [-0.4, -0.2) is 22.8 Å². The van der Waals surface area contributed by atoms with E-state index in [2.05, 4.69) is 5.32 Å². The van der Waals surface area contributed by atoms with Gasteiger partial charge in [-0.05, 0) is 19.4 Å². The van der Waals surface area contributed by atoms with Crippen molar-refractivity contribution in [3.05, 3.63) is 35.9 Å². The highest BCUT2D eigenvalue weighted by Gasteiger charge is 2.51. The van der Waals surface area contributed by atoms with Gasteiger partial charge >= 0.3 is 6.18 Å². The van der Waals surface area contributed by atoms with Crippen LogP contribution < -0.4 is 5.32 Å². The van der Waals surface area contributed by atoms with Crippen molar-refractivity contribution in [2.45, 2.75) is 38.1 Å². The third-order valence-corrected chi connectivity index (χ3v) is 2.79. The van der Waals surface area contributed by atoms with Crippen LogP contribution in [0.1, 0.15) is 31.9 Å². The zero-order chi connectivity index (χ0) is 14.7. The average Bonchev–Trinajstić information content (AvgIpc) is 2.27. The summed E-state index contributed by atoms with van der Waals surface area (Å²) in [4.78, 5) is 11.5. The largest absolute Gasteiger partial charge is 0.417 e. The summed E-state index contributed by atoms with van der Waals surface area (Å²) in [6, 6.07) is 8.43. The number of amides is 1. The molecule has 0 saturated heterocycles. The quantitative estimate of drug-likeness (QED) is 0.887. The van der Waals surface area contributed by atoms with Crippen LogP contribution in [0.3, 0.4) is 0 Å². The van der Waals surface area contributed by atoms with Crippen LogP contribution in [0.15, 0.2) is 30.3 Å². The predicted octanol–water partition coefficient (Wildman–Crippen LogP) is 2.57. The second kappa shape index (κ2) is 5.61.